The van der Waals surface area contributed by atoms with Crippen molar-refractivity contribution >= 4 is 29.1 Å². The monoisotopic (exact) mass is 618 g/mol. The average Bonchev–Trinajstić information content (AvgIpc) is 3.56. The lowest BCUT2D eigenvalue weighted by molar-refractivity contribution is -0.127. The van der Waals surface area contributed by atoms with E-state index in [0.29, 0.717) is 40.6 Å². The van der Waals surface area contributed by atoms with E-state index in [2.05, 4.69) is 20.9 Å². The van der Waals surface area contributed by atoms with Crippen molar-refractivity contribution in [1.29, 1.82) is 0 Å². The Morgan fingerprint density at radius 1 is 0.848 bits per heavy atom. The first kappa shape index (κ1) is 31.5. The molecule has 4 aromatic carbocycles. The number of likely N-dealkylation sites (N-methyl/N-ethyl adjacent to an activating group) is 1. The fourth-order valence-corrected chi connectivity index (χ4v) is 4.87. The molecule has 46 heavy (non-hydrogen) atoms. The Bertz CT molecular complexity index is 1790. The van der Waals surface area contributed by atoms with Gasteiger partial charge in [-0.1, -0.05) is 59.8 Å². The summed E-state index contributed by atoms with van der Waals surface area (Å²) in [6, 6.07) is 29.9. The Kier molecular flexibility index (Phi) is 10.0. The Labute approximate surface area is 266 Å². The molecule has 0 bridgehead atoms. The molecular formula is C35H34N6O5. The Morgan fingerprint density at radius 2 is 1.54 bits per heavy atom. The van der Waals surface area contributed by atoms with Crippen molar-refractivity contribution in [2.75, 3.05) is 31.5 Å². The smallest absolute Gasteiger partial charge is 0.259 e. The quantitative estimate of drug-likeness (QED) is 0.209. The van der Waals surface area contributed by atoms with Crippen molar-refractivity contribution in [2.45, 2.75) is 19.0 Å². The van der Waals surface area contributed by atoms with Crippen molar-refractivity contribution in [2.24, 2.45) is 0 Å². The molecule has 0 aliphatic rings. The van der Waals surface area contributed by atoms with Gasteiger partial charge in [-0.05, 0) is 54.1 Å². The molecular weight excluding hydrogens is 584 g/mol. The molecule has 11 heteroatoms. The van der Waals surface area contributed by atoms with Gasteiger partial charge in [-0.25, -0.2) is 4.68 Å². The number of hydrogen-bond acceptors (Lipinski definition) is 7. The minimum atomic E-state index is -0.816. The van der Waals surface area contributed by atoms with Crippen LogP contribution in [0.2, 0.25) is 0 Å². The van der Waals surface area contributed by atoms with Gasteiger partial charge in [0.2, 0.25) is 11.8 Å². The molecule has 1 aromatic heterocycles. The number of amides is 3. The van der Waals surface area contributed by atoms with E-state index >= 15 is 0 Å². The predicted octanol–water partition coefficient (Wildman–Crippen LogP) is 4.61. The van der Waals surface area contributed by atoms with E-state index in [1.807, 2.05) is 30.3 Å². The summed E-state index contributed by atoms with van der Waals surface area (Å²) in [6.45, 7) is -0.134. The third kappa shape index (κ3) is 7.75. The van der Waals surface area contributed by atoms with Gasteiger partial charge < -0.3 is 25.0 Å². The molecule has 1 atom stereocenters. The second-order valence-corrected chi connectivity index (χ2v) is 10.4. The number of nitrogens with one attached hydrogen (secondary N) is 2. The molecule has 0 unspecified atom stereocenters. The van der Waals surface area contributed by atoms with Gasteiger partial charge in [-0.2, -0.15) is 0 Å². The van der Waals surface area contributed by atoms with Crippen LogP contribution in [0, 0.1) is 0 Å². The Hall–Kier alpha value is -5.97. The molecule has 0 radical (unpaired) electrons. The number of anilines is 2. The van der Waals surface area contributed by atoms with E-state index in [1.165, 1.54) is 16.7 Å². The molecule has 0 spiro atoms. The van der Waals surface area contributed by atoms with Gasteiger partial charge in [0.05, 0.1) is 26.0 Å². The summed E-state index contributed by atoms with van der Waals surface area (Å²) in [7, 11) is 4.77. The van der Waals surface area contributed by atoms with Crippen molar-refractivity contribution in [1.82, 2.24) is 20.3 Å². The van der Waals surface area contributed by atoms with E-state index in [4.69, 9.17) is 9.47 Å². The molecule has 0 aliphatic carbocycles. The van der Waals surface area contributed by atoms with E-state index < -0.39 is 6.04 Å². The summed E-state index contributed by atoms with van der Waals surface area (Å²) in [5.74, 6) is 0.222. The fourth-order valence-electron chi connectivity index (χ4n) is 4.87. The van der Waals surface area contributed by atoms with Crippen molar-refractivity contribution in [3.05, 3.63) is 120 Å². The Balaban J connectivity index is 1.23. The molecule has 5 rings (SSSR count). The predicted molar refractivity (Wildman–Crippen MR) is 175 cm³/mol. The van der Waals surface area contributed by atoms with Crippen LogP contribution in [0.15, 0.2) is 109 Å². The summed E-state index contributed by atoms with van der Waals surface area (Å²) in [6.07, 6.45) is 1.97. The lowest BCUT2D eigenvalue weighted by Crippen LogP contribution is -2.49. The summed E-state index contributed by atoms with van der Waals surface area (Å²) < 4.78 is 11.9. The normalized spacial score (nSPS) is 11.3. The number of hydrogen-bond donors (Lipinski definition) is 2. The lowest BCUT2D eigenvalue weighted by atomic mass is 10.0. The highest BCUT2D eigenvalue weighted by Crippen LogP contribution is 2.23. The van der Waals surface area contributed by atoms with Crippen LogP contribution in [0.1, 0.15) is 15.9 Å². The first-order valence-corrected chi connectivity index (χ1v) is 14.5. The lowest BCUT2D eigenvalue weighted by Gasteiger charge is -2.25. The zero-order chi connectivity index (χ0) is 32.5. The van der Waals surface area contributed by atoms with Gasteiger partial charge in [0, 0.05) is 30.4 Å². The van der Waals surface area contributed by atoms with Gasteiger partial charge in [0.1, 0.15) is 29.8 Å². The number of aromatic nitrogens is 3. The highest BCUT2D eigenvalue weighted by atomic mass is 16.5. The third-order valence-corrected chi connectivity index (χ3v) is 7.34. The highest BCUT2D eigenvalue weighted by molar-refractivity contribution is 6.06. The number of carbonyl (C=O) groups is 3. The van der Waals surface area contributed by atoms with Crippen molar-refractivity contribution in [3.8, 4) is 22.8 Å². The van der Waals surface area contributed by atoms with Crippen LogP contribution in [0.25, 0.3) is 11.3 Å². The van der Waals surface area contributed by atoms with Gasteiger partial charge in [0.25, 0.3) is 5.91 Å². The molecule has 1 heterocycles. The summed E-state index contributed by atoms with van der Waals surface area (Å²) >= 11 is 0. The molecule has 2 N–H and O–H groups in total. The highest BCUT2D eigenvalue weighted by Gasteiger charge is 2.26. The number of benzene rings is 4. The number of carbonyl (C=O) groups excluding carboxylic acids is 3. The maximum absolute atomic E-state index is 13.6. The number of para-hydroxylation sites is 1. The summed E-state index contributed by atoms with van der Waals surface area (Å²) in [5.41, 5.74) is 3.90. The van der Waals surface area contributed by atoms with E-state index in [-0.39, 0.29) is 24.3 Å². The summed E-state index contributed by atoms with van der Waals surface area (Å²) in [4.78, 5) is 41.0. The zero-order valence-electron chi connectivity index (χ0n) is 25.7. The van der Waals surface area contributed by atoms with E-state index in [0.717, 1.165) is 11.1 Å². The largest absolute Gasteiger partial charge is 0.497 e. The summed E-state index contributed by atoms with van der Waals surface area (Å²) in [5, 5.41) is 14.1. The van der Waals surface area contributed by atoms with Gasteiger partial charge in [-0.3, -0.25) is 14.4 Å². The van der Waals surface area contributed by atoms with E-state index in [9.17, 15) is 14.4 Å². The third-order valence-electron chi connectivity index (χ3n) is 7.34. The van der Waals surface area contributed by atoms with Crippen LogP contribution >= 0.6 is 0 Å². The van der Waals surface area contributed by atoms with Gasteiger partial charge in [-0.15, -0.1) is 5.10 Å². The second kappa shape index (κ2) is 14.7. The van der Waals surface area contributed by atoms with Crippen LogP contribution < -0.4 is 25.0 Å². The van der Waals surface area contributed by atoms with Crippen LogP contribution in [-0.4, -0.2) is 60.0 Å². The fraction of sp³-hybridized carbons (Fsp3) is 0.171. The number of methoxy groups -OCH3 is 2. The molecule has 5 aromatic rings. The van der Waals surface area contributed by atoms with Gasteiger partial charge in [0.15, 0.2) is 0 Å². The van der Waals surface area contributed by atoms with E-state index in [1.54, 1.807) is 93.2 Å². The van der Waals surface area contributed by atoms with Crippen LogP contribution in [0.4, 0.5) is 11.4 Å². The maximum atomic E-state index is 13.6. The second-order valence-electron chi connectivity index (χ2n) is 10.4. The van der Waals surface area contributed by atoms with Crippen LogP contribution in [0.3, 0.4) is 0 Å². The standard InChI is InChI=1S/C35H34N6O5/c1-40(27-17-19-28(45-2)20-18-27)35(44)30(21-24-9-5-4-6-10-24)37-33(42)23-41-22-31(38-39-41)25-13-15-26(16-14-25)36-34(43)29-11-7-8-12-32(29)46-3/h4-20,22,30H,21,23H2,1-3H3,(H,36,43)(H,37,42)/t30-/m0/s1. The number of ether oxygens (including phenoxy) is 2. The van der Waals surface area contributed by atoms with Crippen LogP contribution in [-0.2, 0) is 22.6 Å². The minimum Gasteiger partial charge on any atom is -0.497 e. The topological polar surface area (TPSA) is 128 Å². The first-order chi connectivity index (χ1) is 22.3. The number of nitrogens with zero attached hydrogens (tertiary/aromatic N) is 4. The SMILES string of the molecule is COc1ccc(N(C)C(=O)[C@H](Cc2ccccc2)NC(=O)Cn2cc(-c3ccc(NC(=O)c4ccccc4OC)cc3)nn2)cc1. The molecule has 0 saturated heterocycles. The average molecular weight is 619 g/mol. The number of rotatable bonds is 12. The molecule has 0 aliphatic heterocycles. The van der Waals surface area contributed by atoms with Crippen molar-refractivity contribution in [3.63, 3.8) is 0 Å². The Morgan fingerprint density at radius 3 is 2.24 bits per heavy atom. The zero-order valence-corrected chi connectivity index (χ0v) is 25.7. The van der Waals surface area contributed by atoms with Crippen LogP contribution in [0.5, 0.6) is 11.5 Å². The molecule has 234 valence electrons. The molecule has 3 amide bonds. The maximum Gasteiger partial charge on any atom is 0.259 e. The van der Waals surface area contributed by atoms with Gasteiger partial charge >= 0.3 is 0 Å². The first-order valence-electron chi connectivity index (χ1n) is 14.5. The molecule has 11 nitrogen and oxygen atoms in total. The van der Waals surface area contributed by atoms with Crippen molar-refractivity contribution < 1.29 is 23.9 Å². The minimum absolute atomic E-state index is 0.134. The molecule has 0 saturated carbocycles. The molecule has 0 fully saturated rings.